The van der Waals surface area contributed by atoms with Crippen molar-refractivity contribution in [1.82, 2.24) is 4.98 Å². The van der Waals surface area contributed by atoms with E-state index in [4.69, 9.17) is 4.74 Å². The molecule has 1 aromatic heterocycles. The fraction of sp³-hybridized carbons (Fsp3) is 0.545. The van der Waals surface area contributed by atoms with Crippen LogP contribution in [-0.4, -0.2) is 30.6 Å². The van der Waals surface area contributed by atoms with E-state index in [9.17, 15) is 13.2 Å². The molecule has 0 fully saturated rings. The van der Waals surface area contributed by atoms with Gasteiger partial charge in [0.1, 0.15) is 0 Å². The maximum atomic E-state index is 11.7. The molecule has 0 radical (unpaired) electrons. The predicted molar refractivity (Wildman–Crippen MR) is 60.5 cm³/mol. The Morgan fingerprint density at radius 3 is 2.72 bits per heavy atom. The minimum absolute atomic E-state index is 0.0136. The van der Waals surface area contributed by atoms with E-state index in [1.165, 1.54) is 0 Å². The van der Waals surface area contributed by atoms with Gasteiger partial charge in [0, 0.05) is 12.7 Å². The van der Waals surface area contributed by atoms with Crippen molar-refractivity contribution in [2.24, 2.45) is 0 Å². The summed E-state index contributed by atoms with van der Waals surface area (Å²) < 4.78 is 44.3. The smallest absolute Gasteiger partial charge is 0.473 e. The Morgan fingerprint density at radius 2 is 2.11 bits per heavy atom. The first-order chi connectivity index (χ1) is 8.38. The lowest BCUT2D eigenvalue weighted by molar-refractivity contribution is -0.322. The number of rotatable bonds is 6. The molecule has 1 aromatic rings. The van der Waals surface area contributed by atoms with E-state index in [0.717, 1.165) is 0 Å². The second-order valence-corrected chi connectivity index (χ2v) is 3.74. The highest BCUT2D eigenvalue weighted by atomic mass is 19.4. The topological polar surface area (TPSA) is 43.4 Å². The highest BCUT2D eigenvalue weighted by Crippen LogP contribution is 2.21. The van der Waals surface area contributed by atoms with E-state index in [-0.39, 0.29) is 12.6 Å². The molecule has 0 aliphatic rings. The standard InChI is InChI=1S/C11H15F3N2O2/c1-8(2)18-10-9(4-3-5-16-10)15-6-7-17-11(12,13)14/h3-5,8,15H,6-7H2,1-2H3. The molecule has 0 aliphatic heterocycles. The van der Waals surface area contributed by atoms with Crippen molar-refractivity contribution in [3.8, 4) is 5.88 Å². The van der Waals surface area contributed by atoms with Crippen molar-refractivity contribution in [1.29, 1.82) is 0 Å². The summed E-state index contributed by atoms with van der Waals surface area (Å²) in [5.74, 6) is 0.361. The molecule has 7 heteroatoms. The molecule has 0 aromatic carbocycles. The maximum Gasteiger partial charge on any atom is 0.522 e. The van der Waals surface area contributed by atoms with Crippen LogP contribution in [0.1, 0.15) is 13.8 Å². The van der Waals surface area contributed by atoms with Crippen LogP contribution in [-0.2, 0) is 4.74 Å². The lowest BCUT2D eigenvalue weighted by atomic mass is 10.4. The van der Waals surface area contributed by atoms with E-state index >= 15 is 0 Å². The van der Waals surface area contributed by atoms with Gasteiger partial charge in [0.05, 0.1) is 18.4 Å². The monoisotopic (exact) mass is 264 g/mol. The molecule has 1 N–H and O–H groups in total. The van der Waals surface area contributed by atoms with E-state index in [0.29, 0.717) is 11.6 Å². The summed E-state index contributed by atoms with van der Waals surface area (Å²) in [4.78, 5) is 4.00. The van der Waals surface area contributed by atoms with E-state index < -0.39 is 13.0 Å². The quantitative estimate of drug-likeness (QED) is 0.802. The number of aromatic nitrogens is 1. The third-order valence-electron chi connectivity index (χ3n) is 1.80. The van der Waals surface area contributed by atoms with Crippen LogP contribution in [0.4, 0.5) is 18.9 Å². The molecule has 0 saturated heterocycles. The largest absolute Gasteiger partial charge is 0.522 e. The third kappa shape index (κ3) is 5.72. The molecule has 1 heterocycles. The zero-order valence-electron chi connectivity index (χ0n) is 10.1. The molecule has 0 atom stereocenters. The summed E-state index contributed by atoms with van der Waals surface area (Å²) in [5.41, 5.74) is 0.539. The number of nitrogens with one attached hydrogen (secondary N) is 1. The van der Waals surface area contributed by atoms with Crippen molar-refractivity contribution >= 4 is 5.69 Å². The van der Waals surface area contributed by atoms with Crippen molar-refractivity contribution < 1.29 is 22.6 Å². The summed E-state index contributed by atoms with van der Waals surface area (Å²) in [6.45, 7) is 3.22. The number of ether oxygens (including phenoxy) is 2. The fourth-order valence-electron chi connectivity index (χ4n) is 1.19. The second-order valence-electron chi connectivity index (χ2n) is 3.74. The van der Waals surface area contributed by atoms with Gasteiger partial charge in [0.2, 0.25) is 5.88 Å². The predicted octanol–water partition coefficient (Wildman–Crippen LogP) is 2.82. The Balaban J connectivity index is 2.46. The average molecular weight is 264 g/mol. The fourth-order valence-corrected chi connectivity index (χ4v) is 1.19. The zero-order chi connectivity index (χ0) is 13.6. The first-order valence-electron chi connectivity index (χ1n) is 5.44. The van der Waals surface area contributed by atoms with Crippen molar-refractivity contribution in [2.45, 2.75) is 26.3 Å². The van der Waals surface area contributed by atoms with Gasteiger partial charge in [-0.05, 0) is 26.0 Å². The molecule has 1 rings (SSSR count). The summed E-state index contributed by atoms with van der Waals surface area (Å²) in [6, 6.07) is 3.35. The SMILES string of the molecule is CC(C)Oc1ncccc1NCCOC(F)(F)F. The highest BCUT2D eigenvalue weighted by Gasteiger charge is 2.28. The first-order valence-corrected chi connectivity index (χ1v) is 5.44. The van der Waals surface area contributed by atoms with Gasteiger partial charge in [-0.2, -0.15) is 0 Å². The molecule has 18 heavy (non-hydrogen) atoms. The van der Waals surface area contributed by atoms with Gasteiger partial charge in [0.25, 0.3) is 0 Å². The minimum Gasteiger partial charge on any atom is -0.473 e. The van der Waals surface area contributed by atoms with Gasteiger partial charge in [-0.1, -0.05) is 0 Å². The Hall–Kier alpha value is -1.50. The normalized spacial score (nSPS) is 11.7. The van der Waals surface area contributed by atoms with Gasteiger partial charge < -0.3 is 10.1 Å². The Labute approximate surface area is 103 Å². The molecule has 0 unspecified atom stereocenters. The Bertz CT molecular complexity index is 370. The number of halogens is 3. The minimum atomic E-state index is -4.60. The third-order valence-corrected chi connectivity index (χ3v) is 1.80. The maximum absolute atomic E-state index is 11.7. The summed E-state index contributed by atoms with van der Waals surface area (Å²) >= 11 is 0. The molecular formula is C11H15F3N2O2. The lowest BCUT2D eigenvalue weighted by Gasteiger charge is -2.14. The molecule has 0 spiro atoms. The van der Waals surface area contributed by atoms with Crippen molar-refractivity contribution in [3.05, 3.63) is 18.3 Å². The van der Waals surface area contributed by atoms with E-state index in [1.807, 2.05) is 13.8 Å². The van der Waals surface area contributed by atoms with Crippen LogP contribution in [0, 0.1) is 0 Å². The number of hydrogen-bond donors (Lipinski definition) is 1. The Morgan fingerprint density at radius 1 is 1.39 bits per heavy atom. The molecule has 0 aliphatic carbocycles. The zero-order valence-corrected chi connectivity index (χ0v) is 10.1. The highest BCUT2D eigenvalue weighted by molar-refractivity contribution is 5.51. The van der Waals surface area contributed by atoms with Crippen LogP contribution in [0.15, 0.2) is 18.3 Å². The summed E-state index contributed by atoms with van der Waals surface area (Å²) in [6.07, 6.45) is -3.12. The molecule has 0 amide bonds. The number of alkyl halides is 3. The molecular weight excluding hydrogens is 249 g/mol. The van der Waals surface area contributed by atoms with E-state index in [1.54, 1.807) is 18.3 Å². The first kappa shape index (κ1) is 14.6. The molecule has 0 saturated carbocycles. The van der Waals surface area contributed by atoms with Gasteiger partial charge in [-0.15, -0.1) is 13.2 Å². The van der Waals surface area contributed by atoms with Crippen LogP contribution in [0.5, 0.6) is 5.88 Å². The van der Waals surface area contributed by atoms with Crippen LogP contribution < -0.4 is 10.1 Å². The van der Waals surface area contributed by atoms with Crippen LogP contribution in [0.25, 0.3) is 0 Å². The van der Waals surface area contributed by atoms with Crippen LogP contribution in [0.2, 0.25) is 0 Å². The molecule has 0 bridgehead atoms. The van der Waals surface area contributed by atoms with Gasteiger partial charge in [-0.25, -0.2) is 4.98 Å². The second kappa shape index (κ2) is 6.44. The van der Waals surface area contributed by atoms with Gasteiger partial charge in [-0.3, -0.25) is 4.74 Å². The summed E-state index contributed by atoms with van der Waals surface area (Å²) in [5, 5.41) is 2.78. The van der Waals surface area contributed by atoms with Crippen molar-refractivity contribution in [2.75, 3.05) is 18.5 Å². The lowest BCUT2D eigenvalue weighted by Crippen LogP contribution is -2.19. The summed E-state index contributed by atoms with van der Waals surface area (Å²) in [7, 11) is 0. The van der Waals surface area contributed by atoms with Gasteiger partial charge >= 0.3 is 6.36 Å². The van der Waals surface area contributed by atoms with Crippen molar-refractivity contribution in [3.63, 3.8) is 0 Å². The van der Waals surface area contributed by atoms with E-state index in [2.05, 4.69) is 15.0 Å². The number of nitrogens with zero attached hydrogens (tertiary/aromatic N) is 1. The Kier molecular flexibility index (Phi) is 5.21. The molecule has 102 valence electrons. The van der Waals surface area contributed by atoms with Crippen LogP contribution >= 0.6 is 0 Å². The number of hydrogen-bond acceptors (Lipinski definition) is 4. The number of pyridine rings is 1. The molecule has 4 nitrogen and oxygen atoms in total. The van der Waals surface area contributed by atoms with Gasteiger partial charge in [0.15, 0.2) is 0 Å². The van der Waals surface area contributed by atoms with Crippen LogP contribution in [0.3, 0.4) is 0 Å². The number of anilines is 1. The average Bonchev–Trinajstić information content (AvgIpc) is 2.24.